The minimum atomic E-state index is -0.0727. The van der Waals surface area contributed by atoms with Crippen molar-refractivity contribution >= 4 is 23.4 Å². The average molecular weight is 314 g/mol. The molecular weight excluding hydrogens is 298 g/mol. The van der Waals surface area contributed by atoms with Crippen molar-refractivity contribution in [1.29, 1.82) is 0 Å². The van der Waals surface area contributed by atoms with Gasteiger partial charge in [-0.05, 0) is 19.8 Å². The topological polar surface area (TPSA) is 68.8 Å². The lowest BCUT2D eigenvalue weighted by atomic mass is 10.3. The monoisotopic (exact) mass is 313 g/mol. The fourth-order valence-corrected chi connectivity index (χ4v) is 3.62. The molecule has 6 nitrogen and oxygen atoms in total. The van der Waals surface area contributed by atoms with Gasteiger partial charge >= 0.3 is 0 Å². The SMILES string of the molecule is Cc1nn(C)c(Cl)c1CSc1nnc(CO)n1C1CC1. The predicted molar refractivity (Wildman–Crippen MR) is 76.7 cm³/mol. The zero-order valence-corrected chi connectivity index (χ0v) is 12.9. The quantitative estimate of drug-likeness (QED) is 0.856. The van der Waals surface area contributed by atoms with Gasteiger partial charge in [-0.1, -0.05) is 23.4 Å². The first-order valence-electron chi connectivity index (χ1n) is 6.47. The van der Waals surface area contributed by atoms with Gasteiger partial charge in [-0.15, -0.1) is 10.2 Å². The maximum atomic E-state index is 9.32. The van der Waals surface area contributed by atoms with E-state index in [0.717, 1.165) is 29.3 Å². The first kappa shape index (κ1) is 13.9. The van der Waals surface area contributed by atoms with Crippen molar-refractivity contribution in [1.82, 2.24) is 24.5 Å². The Morgan fingerprint density at radius 2 is 2.15 bits per heavy atom. The van der Waals surface area contributed by atoms with Crippen LogP contribution in [0.15, 0.2) is 5.16 Å². The molecule has 3 rings (SSSR count). The minimum absolute atomic E-state index is 0.0727. The standard InChI is InChI=1S/C12H16ClN5OS/c1-7-9(11(13)17(2)16-7)6-20-12-15-14-10(5-19)18(12)8-3-4-8/h8,19H,3-6H2,1-2H3. The zero-order valence-electron chi connectivity index (χ0n) is 11.4. The van der Waals surface area contributed by atoms with Crippen molar-refractivity contribution < 1.29 is 5.11 Å². The number of rotatable bonds is 5. The lowest BCUT2D eigenvalue weighted by Gasteiger charge is -2.07. The average Bonchev–Trinajstić information content (AvgIpc) is 3.13. The molecule has 0 spiro atoms. The highest BCUT2D eigenvalue weighted by atomic mass is 35.5. The molecule has 0 radical (unpaired) electrons. The second-order valence-electron chi connectivity index (χ2n) is 4.93. The van der Waals surface area contributed by atoms with Gasteiger partial charge in [0, 0.05) is 24.4 Å². The lowest BCUT2D eigenvalue weighted by Crippen LogP contribution is -2.03. The molecule has 1 aliphatic rings. The van der Waals surface area contributed by atoms with Gasteiger partial charge in [-0.3, -0.25) is 4.68 Å². The molecule has 20 heavy (non-hydrogen) atoms. The van der Waals surface area contributed by atoms with Crippen LogP contribution in [0.25, 0.3) is 0 Å². The van der Waals surface area contributed by atoms with Crippen LogP contribution in [-0.4, -0.2) is 29.7 Å². The maximum absolute atomic E-state index is 9.32. The minimum Gasteiger partial charge on any atom is -0.388 e. The van der Waals surface area contributed by atoms with Crippen molar-refractivity contribution in [2.45, 2.75) is 43.3 Å². The van der Waals surface area contributed by atoms with Crippen molar-refractivity contribution in [2.24, 2.45) is 7.05 Å². The van der Waals surface area contributed by atoms with E-state index in [-0.39, 0.29) is 6.61 Å². The fraction of sp³-hybridized carbons (Fsp3) is 0.583. The number of aryl methyl sites for hydroxylation is 2. The van der Waals surface area contributed by atoms with Gasteiger partial charge < -0.3 is 9.67 Å². The lowest BCUT2D eigenvalue weighted by molar-refractivity contribution is 0.263. The van der Waals surface area contributed by atoms with Crippen LogP contribution in [0.4, 0.5) is 0 Å². The van der Waals surface area contributed by atoms with Crippen LogP contribution >= 0.6 is 23.4 Å². The van der Waals surface area contributed by atoms with Crippen molar-refractivity contribution in [3.8, 4) is 0 Å². The molecule has 1 N–H and O–H groups in total. The highest BCUT2D eigenvalue weighted by molar-refractivity contribution is 7.98. The summed E-state index contributed by atoms with van der Waals surface area (Å²) >= 11 is 7.82. The third kappa shape index (κ3) is 2.45. The van der Waals surface area contributed by atoms with E-state index >= 15 is 0 Å². The Kier molecular flexibility index (Phi) is 3.74. The number of aromatic nitrogens is 5. The van der Waals surface area contributed by atoms with Crippen LogP contribution in [0.1, 0.15) is 36.0 Å². The second kappa shape index (κ2) is 5.38. The highest BCUT2D eigenvalue weighted by Crippen LogP contribution is 2.39. The molecule has 0 amide bonds. The number of hydrogen-bond acceptors (Lipinski definition) is 5. The van der Waals surface area contributed by atoms with Gasteiger partial charge in [-0.25, -0.2) is 0 Å². The first-order valence-corrected chi connectivity index (χ1v) is 7.83. The van der Waals surface area contributed by atoms with Crippen molar-refractivity contribution in [3.05, 3.63) is 22.2 Å². The third-order valence-electron chi connectivity index (χ3n) is 3.40. The predicted octanol–water partition coefficient (Wildman–Crippen LogP) is 2.09. The molecule has 1 saturated carbocycles. The van der Waals surface area contributed by atoms with E-state index in [0.29, 0.717) is 22.8 Å². The molecule has 0 saturated heterocycles. The summed E-state index contributed by atoms with van der Waals surface area (Å²) in [5.41, 5.74) is 1.96. The summed E-state index contributed by atoms with van der Waals surface area (Å²) in [7, 11) is 1.83. The van der Waals surface area contributed by atoms with Crippen LogP contribution in [0.2, 0.25) is 5.15 Å². The fourth-order valence-electron chi connectivity index (χ4n) is 2.19. The Bertz CT molecular complexity index is 634. The normalized spacial score (nSPS) is 15.0. The van der Waals surface area contributed by atoms with Crippen molar-refractivity contribution in [3.63, 3.8) is 0 Å². The highest BCUT2D eigenvalue weighted by Gasteiger charge is 2.29. The summed E-state index contributed by atoms with van der Waals surface area (Å²) in [5.74, 6) is 1.35. The molecule has 0 aromatic carbocycles. The number of aliphatic hydroxyl groups excluding tert-OH is 1. The molecule has 0 atom stereocenters. The number of nitrogens with zero attached hydrogens (tertiary/aromatic N) is 5. The molecule has 1 aliphatic carbocycles. The number of aliphatic hydroxyl groups is 1. The summed E-state index contributed by atoms with van der Waals surface area (Å²) in [5, 5.41) is 23.3. The first-order chi connectivity index (χ1) is 9.61. The zero-order chi connectivity index (χ0) is 14.3. The van der Waals surface area contributed by atoms with Gasteiger partial charge in [0.25, 0.3) is 0 Å². The van der Waals surface area contributed by atoms with E-state index in [4.69, 9.17) is 11.6 Å². The molecule has 108 valence electrons. The van der Waals surface area contributed by atoms with E-state index in [1.54, 1.807) is 16.4 Å². The number of thioether (sulfide) groups is 1. The van der Waals surface area contributed by atoms with Gasteiger partial charge in [-0.2, -0.15) is 5.10 Å². The molecular formula is C12H16ClN5OS. The molecule has 0 aliphatic heterocycles. The number of halogens is 1. The maximum Gasteiger partial charge on any atom is 0.191 e. The van der Waals surface area contributed by atoms with E-state index in [1.807, 2.05) is 18.5 Å². The molecule has 1 fully saturated rings. The van der Waals surface area contributed by atoms with Gasteiger partial charge in [0.15, 0.2) is 11.0 Å². The van der Waals surface area contributed by atoms with Crippen LogP contribution in [-0.2, 0) is 19.4 Å². The largest absolute Gasteiger partial charge is 0.388 e. The van der Waals surface area contributed by atoms with Gasteiger partial charge in [0.2, 0.25) is 0 Å². The van der Waals surface area contributed by atoms with Gasteiger partial charge in [0.05, 0.1) is 5.69 Å². The summed E-state index contributed by atoms with van der Waals surface area (Å²) in [6, 6.07) is 0.445. The summed E-state index contributed by atoms with van der Waals surface area (Å²) < 4.78 is 3.72. The van der Waals surface area contributed by atoms with Crippen LogP contribution in [0.3, 0.4) is 0 Å². The number of hydrogen-bond donors (Lipinski definition) is 1. The Morgan fingerprint density at radius 3 is 2.70 bits per heavy atom. The molecule has 2 aromatic heterocycles. The van der Waals surface area contributed by atoms with E-state index in [2.05, 4.69) is 15.3 Å². The Morgan fingerprint density at radius 1 is 1.40 bits per heavy atom. The van der Waals surface area contributed by atoms with Crippen molar-refractivity contribution in [2.75, 3.05) is 0 Å². The van der Waals surface area contributed by atoms with Crippen LogP contribution in [0.5, 0.6) is 0 Å². The third-order valence-corrected chi connectivity index (χ3v) is 4.85. The van der Waals surface area contributed by atoms with Gasteiger partial charge in [0.1, 0.15) is 11.8 Å². The molecule has 0 bridgehead atoms. The summed E-state index contributed by atoms with van der Waals surface area (Å²) in [4.78, 5) is 0. The molecule has 8 heteroatoms. The Hall–Kier alpha value is -1.05. The summed E-state index contributed by atoms with van der Waals surface area (Å²) in [6.45, 7) is 1.88. The second-order valence-corrected chi connectivity index (χ2v) is 6.23. The van der Waals surface area contributed by atoms with E-state index in [9.17, 15) is 5.11 Å². The summed E-state index contributed by atoms with van der Waals surface area (Å²) in [6.07, 6.45) is 2.26. The smallest absolute Gasteiger partial charge is 0.191 e. The van der Waals surface area contributed by atoms with Crippen LogP contribution < -0.4 is 0 Å². The molecule has 2 heterocycles. The molecule has 0 unspecified atom stereocenters. The van der Waals surface area contributed by atoms with E-state index < -0.39 is 0 Å². The van der Waals surface area contributed by atoms with Crippen LogP contribution in [0, 0.1) is 6.92 Å². The Balaban J connectivity index is 1.80. The van der Waals surface area contributed by atoms with E-state index in [1.165, 1.54) is 0 Å². The Labute approximate surface area is 126 Å². The molecule has 2 aromatic rings.